The van der Waals surface area contributed by atoms with Gasteiger partial charge in [-0.15, -0.1) is 0 Å². The summed E-state index contributed by atoms with van der Waals surface area (Å²) >= 11 is 0. The van der Waals surface area contributed by atoms with Crippen LogP contribution in [0.5, 0.6) is 0 Å². The van der Waals surface area contributed by atoms with E-state index >= 15 is 0 Å². The van der Waals surface area contributed by atoms with Crippen molar-refractivity contribution < 1.29 is 18.3 Å². The lowest BCUT2D eigenvalue weighted by molar-refractivity contribution is -0.133. The molecule has 0 bridgehead atoms. The van der Waals surface area contributed by atoms with Gasteiger partial charge in [-0.1, -0.05) is 20.3 Å². The van der Waals surface area contributed by atoms with Crippen molar-refractivity contribution in [3.05, 3.63) is 0 Å². The number of nitrogens with zero attached hydrogens (tertiary/aromatic N) is 1. The number of halogens is 2. The summed E-state index contributed by atoms with van der Waals surface area (Å²) < 4.78 is 28.8. The van der Waals surface area contributed by atoms with Gasteiger partial charge in [0.2, 0.25) is 5.91 Å². The molecule has 1 fully saturated rings. The molecule has 1 rings (SSSR count). The van der Waals surface area contributed by atoms with Gasteiger partial charge < -0.3 is 9.64 Å². The molecule has 1 amide bonds. The topological polar surface area (TPSA) is 41.6 Å². The second-order valence-corrected chi connectivity index (χ2v) is 5.10. The first-order valence-electron chi connectivity index (χ1n) is 6.89. The Hall–Kier alpha value is -0.750. The highest BCUT2D eigenvalue weighted by molar-refractivity contribution is 5.88. The molecule has 0 spiro atoms. The van der Waals surface area contributed by atoms with E-state index < -0.39 is 18.6 Å². The van der Waals surface area contributed by atoms with Gasteiger partial charge in [-0.3, -0.25) is 10.1 Å². The number of alkyl halides is 2. The highest BCUT2D eigenvalue weighted by Gasteiger charge is 2.45. The zero-order valence-electron chi connectivity index (χ0n) is 11.9. The Kier molecular flexibility index (Phi) is 6.13. The second kappa shape index (κ2) is 7.14. The van der Waals surface area contributed by atoms with Crippen LogP contribution in [0.3, 0.4) is 0 Å². The van der Waals surface area contributed by atoms with E-state index in [1.54, 1.807) is 4.90 Å². The molecule has 1 heterocycles. The van der Waals surface area contributed by atoms with Crippen LogP contribution in [0.2, 0.25) is 0 Å². The van der Waals surface area contributed by atoms with Crippen LogP contribution in [0.4, 0.5) is 8.78 Å². The quantitative estimate of drug-likeness (QED) is 0.690. The van der Waals surface area contributed by atoms with Crippen LogP contribution in [0.15, 0.2) is 0 Å². The van der Waals surface area contributed by atoms with Crippen LogP contribution >= 0.6 is 0 Å². The lowest BCUT2D eigenvalue weighted by Gasteiger charge is -2.23. The van der Waals surface area contributed by atoms with E-state index in [9.17, 15) is 13.6 Å². The molecule has 1 saturated heterocycles. The number of rotatable bonds is 8. The summed E-state index contributed by atoms with van der Waals surface area (Å²) in [5.74, 6) is 0.0362. The van der Waals surface area contributed by atoms with Crippen molar-refractivity contribution in [1.82, 2.24) is 10.2 Å². The van der Waals surface area contributed by atoms with E-state index in [1.807, 2.05) is 13.8 Å². The monoisotopic (exact) mass is 278 g/mol. The third-order valence-corrected chi connectivity index (χ3v) is 3.58. The minimum absolute atomic E-state index is 0.0161. The molecule has 6 heteroatoms. The molecular formula is C13H24F2N2O2. The number of hydrogen-bond donors (Lipinski definition) is 1. The molecule has 0 aromatic heterocycles. The number of amides is 1. The molecule has 19 heavy (non-hydrogen) atoms. The molecule has 2 atom stereocenters. The van der Waals surface area contributed by atoms with Crippen LogP contribution in [0.1, 0.15) is 40.0 Å². The molecule has 1 aliphatic heterocycles. The van der Waals surface area contributed by atoms with Crippen LogP contribution < -0.4 is 5.32 Å². The molecule has 1 N–H and O–H groups in total. The van der Waals surface area contributed by atoms with Crippen LogP contribution in [-0.4, -0.2) is 48.7 Å². The summed E-state index contributed by atoms with van der Waals surface area (Å²) in [6.07, 6.45) is 0.0489. The largest absolute Gasteiger partial charge is 0.374 e. The highest BCUT2D eigenvalue weighted by atomic mass is 19.3. The predicted octanol–water partition coefficient (Wildman–Crippen LogP) is 1.99. The van der Waals surface area contributed by atoms with E-state index in [4.69, 9.17) is 4.74 Å². The molecule has 2 unspecified atom stereocenters. The van der Waals surface area contributed by atoms with Crippen LogP contribution in [-0.2, 0) is 9.53 Å². The third kappa shape index (κ3) is 4.11. The Morgan fingerprint density at radius 1 is 1.47 bits per heavy atom. The van der Waals surface area contributed by atoms with Crippen molar-refractivity contribution in [2.75, 3.05) is 19.8 Å². The molecule has 112 valence electrons. The van der Waals surface area contributed by atoms with Gasteiger partial charge in [-0.25, -0.2) is 8.78 Å². The van der Waals surface area contributed by atoms with Crippen molar-refractivity contribution in [2.24, 2.45) is 0 Å². The van der Waals surface area contributed by atoms with E-state index in [-0.39, 0.29) is 18.7 Å². The van der Waals surface area contributed by atoms with Gasteiger partial charge in [0, 0.05) is 6.54 Å². The Labute approximate surface area is 113 Å². The molecule has 0 aromatic rings. The smallest absolute Gasteiger partial charge is 0.261 e. The first kappa shape index (κ1) is 16.3. The van der Waals surface area contributed by atoms with Gasteiger partial charge in [-0.2, -0.15) is 0 Å². The first-order chi connectivity index (χ1) is 8.94. The van der Waals surface area contributed by atoms with E-state index in [0.717, 1.165) is 12.8 Å². The maximum Gasteiger partial charge on any atom is 0.261 e. The number of carbonyl (C=O) groups is 1. The summed E-state index contributed by atoms with van der Waals surface area (Å²) in [5, 5.41) is 3.34. The van der Waals surface area contributed by atoms with Gasteiger partial charge in [-0.05, 0) is 19.8 Å². The Bertz CT molecular complexity index is 302. The maximum atomic E-state index is 12.3. The summed E-state index contributed by atoms with van der Waals surface area (Å²) in [7, 11) is 0. The van der Waals surface area contributed by atoms with Crippen LogP contribution in [0, 0.1) is 0 Å². The fourth-order valence-electron chi connectivity index (χ4n) is 2.31. The van der Waals surface area contributed by atoms with Crippen LogP contribution in [0.25, 0.3) is 0 Å². The SMILES string of the molecule is CCCC1NC(C)(CC)C(=O)N1CCOCC(F)F. The first-order valence-corrected chi connectivity index (χ1v) is 6.89. The number of hydrogen-bond acceptors (Lipinski definition) is 3. The Balaban J connectivity index is 2.54. The van der Waals surface area contributed by atoms with E-state index in [2.05, 4.69) is 12.2 Å². The maximum absolute atomic E-state index is 12.3. The normalized spacial score (nSPS) is 27.6. The number of carbonyl (C=O) groups excluding carboxylic acids is 1. The predicted molar refractivity (Wildman–Crippen MR) is 69.1 cm³/mol. The minimum atomic E-state index is -2.46. The van der Waals surface area contributed by atoms with E-state index in [0.29, 0.717) is 13.0 Å². The Morgan fingerprint density at radius 2 is 2.16 bits per heavy atom. The van der Waals surface area contributed by atoms with Gasteiger partial charge in [0.1, 0.15) is 6.61 Å². The van der Waals surface area contributed by atoms with Gasteiger partial charge in [0.05, 0.1) is 18.3 Å². The average Bonchev–Trinajstić information content (AvgIpc) is 2.59. The lowest BCUT2D eigenvalue weighted by atomic mass is 9.99. The second-order valence-electron chi connectivity index (χ2n) is 5.10. The minimum Gasteiger partial charge on any atom is -0.374 e. The van der Waals surface area contributed by atoms with Crippen molar-refractivity contribution in [2.45, 2.75) is 58.2 Å². The fraction of sp³-hybridized carbons (Fsp3) is 0.923. The van der Waals surface area contributed by atoms with Crippen molar-refractivity contribution in [3.63, 3.8) is 0 Å². The molecule has 4 nitrogen and oxygen atoms in total. The van der Waals surface area contributed by atoms with E-state index in [1.165, 1.54) is 0 Å². The summed E-state index contributed by atoms with van der Waals surface area (Å²) in [5.41, 5.74) is -0.539. The van der Waals surface area contributed by atoms with Gasteiger partial charge in [0.15, 0.2) is 0 Å². The van der Waals surface area contributed by atoms with Crippen molar-refractivity contribution >= 4 is 5.91 Å². The van der Waals surface area contributed by atoms with Crippen molar-refractivity contribution in [1.29, 1.82) is 0 Å². The third-order valence-electron chi connectivity index (χ3n) is 3.58. The zero-order chi connectivity index (χ0) is 14.5. The summed E-state index contributed by atoms with van der Waals surface area (Å²) in [4.78, 5) is 14.1. The summed E-state index contributed by atoms with van der Waals surface area (Å²) in [6.45, 7) is 5.84. The van der Waals surface area contributed by atoms with Gasteiger partial charge in [0.25, 0.3) is 6.43 Å². The molecular weight excluding hydrogens is 254 g/mol. The van der Waals surface area contributed by atoms with Gasteiger partial charge >= 0.3 is 0 Å². The lowest BCUT2D eigenvalue weighted by Crippen LogP contribution is -2.43. The fourth-order valence-corrected chi connectivity index (χ4v) is 2.31. The number of nitrogens with one attached hydrogen (secondary N) is 1. The molecule has 0 saturated carbocycles. The zero-order valence-corrected chi connectivity index (χ0v) is 11.9. The number of ether oxygens (including phenoxy) is 1. The molecule has 1 aliphatic rings. The Morgan fingerprint density at radius 3 is 2.68 bits per heavy atom. The highest BCUT2D eigenvalue weighted by Crippen LogP contribution is 2.25. The standard InChI is InChI=1S/C13H24F2N2O2/c1-4-6-11-16-13(3,5-2)12(18)17(11)7-8-19-9-10(14)15/h10-11,16H,4-9H2,1-3H3. The molecule has 0 aliphatic carbocycles. The molecule has 0 radical (unpaired) electrons. The summed E-state index contributed by atoms with van der Waals surface area (Å²) in [6, 6.07) is 0. The van der Waals surface area contributed by atoms with Crippen molar-refractivity contribution in [3.8, 4) is 0 Å². The average molecular weight is 278 g/mol. The molecule has 0 aromatic carbocycles.